The Labute approximate surface area is 126 Å². The van der Waals surface area contributed by atoms with Crippen molar-refractivity contribution in [1.29, 1.82) is 0 Å². The van der Waals surface area contributed by atoms with Crippen LogP contribution in [0.1, 0.15) is 28.5 Å². The van der Waals surface area contributed by atoms with Crippen LogP contribution in [-0.4, -0.2) is 33.9 Å². The first-order valence-electron chi connectivity index (χ1n) is 6.88. The van der Waals surface area contributed by atoms with Gasteiger partial charge in [-0.1, -0.05) is 12.1 Å². The Kier molecular flexibility index (Phi) is 3.72. The zero-order valence-electron chi connectivity index (χ0n) is 11.7. The van der Waals surface area contributed by atoms with E-state index in [9.17, 15) is 14.3 Å². The molecule has 1 amide bonds. The summed E-state index contributed by atoms with van der Waals surface area (Å²) >= 11 is 0. The standard InChI is InChI=1S/C15H15FN4O2/c16-10-3-1-9(2-4-10)13-7-11(21)8-20(13)14-6-5-12(15(17)22)18-19-14/h1-6,11,13,21H,7-8H2,(H2,17,22). The number of nitrogens with two attached hydrogens (primary N) is 1. The van der Waals surface area contributed by atoms with Crippen molar-refractivity contribution in [3.05, 3.63) is 53.5 Å². The number of amides is 1. The van der Waals surface area contributed by atoms with Crippen molar-refractivity contribution in [1.82, 2.24) is 10.2 Å². The molecule has 3 N–H and O–H groups in total. The van der Waals surface area contributed by atoms with Crippen LogP contribution in [0.2, 0.25) is 0 Å². The molecular weight excluding hydrogens is 287 g/mol. The van der Waals surface area contributed by atoms with E-state index in [4.69, 9.17) is 5.73 Å². The van der Waals surface area contributed by atoms with Crippen molar-refractivity contribution < 1.29 is 14.3 Å². The topological polar surface area (TPSA) is 92.3 Å². The maximum Gasteiger partial charge on any atom is 0.269 e. The molecule has 3 rings (SSSR count). The molecule has 1 aliphatic rings. The Morgan fingerprint density at radius 2 is 1.95 bits per heavy atom. The molecule has 1 aromatic carbocycles. The number of anilines is 1. The summed E-state index contributed by atoms with van der Waals surface area (Å²) in [6.45, 7) is 0.395. The zero-order valence-corrected chi connectivity index (χ0v) is 11.7. The molecule has 1 aromatic heterocycles. The molecule has 0 bridgehead atoms. The number of hydrogen-bond acceptors (Lipinski definition) is 5. The normalized spacial score (nSPS) is 21.1. The summed E-state index contributed by atoms with van der Waals surface area (Å²) in [5, 5.41) is 17.7. The Balaban J connectivity index is 1.90. The number of β-amino-alcohol motifs (C(OH)–C–C–N with tert-alkyl or cyclic N) is 1. The lowest BCUT2D eigenvalue weighted by atomic mass is 10.0. The summed E-state index contributed by atoms with van der Waals surface area (Å²) in [5.74, 6) is -0.411. The summed E-state index contributed by atoms with van der Waals surface area (Å²) in [6.07, 6.45) is 0.0119. The summed E-state index contributed by atoms with van der Waals surface area (Å²) < 4.78 is 13.1. The van der Waals surface area contributed by atoms with Gasteiger partial charge in [-0.25, -0.2) is 4.39 Å². The first-order chi connectivity index (χ1) is 10.5. The quantitative estimate of drug-likeness (QED) is 0.883. The highest BCUT2D eigenvalue weighted by molar-refractivity contribution is 5.90. The molecule has 2 heterocycles. The van der Waals surface area contributed by atoms with Crippen LogP contribution in [-0.2, 0) is 0 Å². The number of hydrogen-bond donors (Lipinski definition) is 2. The van der Waals surface area contributed by atoms with Gasteiger partial charge in [0.2, 0.25) is 0 Å². The van der Waals surface area contributed by atoms with E-state index in [1.54, 1.807) is 18.2 Å². The lowest BCUT2D eigenvalue weighted by Crippen LogP contribution is -2.26. The number of aliphatic hydroxyl groups excluding tert-OH is 1. The fourth-order valence-corrected chi connectivity index (χ4v) is 2.68. The van der Waals surface area contributed by atoms with Crippen LogP contribution >= 0.6 is 0 Å². The Hall–Kier alpha value is -2.54. The van der Waals surface area contributed by atoms with Gasteiger partial charge in [0.05, 0.1) is 12.1 Å². The van der Waals surface area contributed by atoms with Gasteiger partial charge < -0.3 is 15.7 Å². The van der Waals surface area contributed by atoms with Crippen molar-refractivity contribution >= 4 is 11.7 Å². The number of aromatic nitrogens is 2. The molecule has 114 valence electrons. The van der Waals surface area contributed by atoms with Crippen LogP contribution < -0.4 is 10.6 Å². The Bertz CT molecular complexity index is 675. The van der Waals surface area contributed by atoms with Crippen molar-refractivity contribution in [2.75, 3.05) is 11.4 Å². The van der Waals surface area contributed by atoms with E-state index in [1.165, 1.54) is 18.2 Å². The predicted octanol–water partition coefficient (Wildman–Crippen LogP) is 1.03. The van der Waals surface area contributed by atoms with Crippen LogP contribution in [0, 0.1) is 5.82 Å². The molecule has 2 atom stereocenters. The van der Waals surface area contributed by atoms with Crippen molar-refractivity contribution in [2.45, 2.75) is 18.6 Å². The number of carbonyl (C=O) groups excluding carboxylic acids is 1. The Morgan fingerprint density at radius 3 is 2.55 bits per heavy atom. The second-order valence-electron chi connectivity index (χ2n) is 5.25. The van der Waals surface area contributed by atoms with Crippen molar-refractivity contribution in [2.24, 2.45) is 5.73 Å². The van der Waals surface area contributed by atoms with Crippen LogP contribution in [0.4, 0.5) is 10.2 Å². The highest BCUT2D eigenvalue weighted by Gasteiger charge is 2.33. The zero-order chi connectivity index (χ0) is 15.7. The van der Waals surface area contributed by atoms with Crippen LogP contribution in [0.5, 0.6) is 0 Å². The molecule has 0 aliphatic carbocycles. The van der Waals surface area contributed by atoms with E-state index in [2.05, 4.69) is 10.2 Å². The molecule has 7 heteroatoms. The van der Waals surface area contributed by atoms with Gasteiger partial charge in [-0.3, -0.25) is 4.79 Å². The van der Waals surface area contributed by atoms with Gasteiger partial charge in [-0.2, -0.15) is 0 Å². The second-order valence-corrected chi connectivity index (χ2v) is 5.25. The molecule has 1 fully saturated rings. The molecule has 2 unspecified atom stereocenters. The summed E-state index contributed by atoms with van der Waals surface area (Å²) in [5.41, 5.74) is 6.11. The third-order valence-corrected chi connectivity index (χ3v) is 3.73. The summed E-state index contributed by atoms with van der Waals surface area (Å²) in [7, 11) is 0. The molecule has 0 radical (unpaired) electrons. The SMILES string of the molecule is NC(=O)c1ccc(N2CC(O)CC2c2ccc(F)cc2)nn1. The van der Waals surface area contributed by atoms with E-state index in [-0.39, 0.29) is 17.6 Å². The minimum atomic E-state index is -0.643. The first kappa shape index (κ1) is 14.4. The number of halogens is 1. The van der Waals surface area contributed by atoms with E-state index in [1.807, 2.05) is 4.90 Å². The van der Waals surface area contributed by atoms with Gasteiger partial charge in [0.1, 0.15) is 5.82 Å². The Morgan fingerprint density at radius 1 is 1.23 bits per heavy atom. The highest BCUT2D eigenvalue weighted by atomic mass is 19.1. The van der Waals surface area contributed by atoms with Crippen LogP contribution in [0.25, 0.3) is 0 Å². The molecule has 1 saturated heterocycles. The number of nitrogens with zero attached hydrogens (tertiary/aromatic N) is 3. The minimum Gasteiger partial charge on any atom is -0.391 e. The molecule has 0 spiro atoms. The molecule has 0 saturated carbocycles. The summed E-state index contributed by atoms with van der Waals surface area (Å²) in [6, 6.07) is 9.18. The molecule has 2 aromatic rings. The van der Waals surface area contributed by atoms with Gasteiger partial charge in [-0.05, 0) is 36.2 Å². The predicted molar refractivity (Wildman–Crippen MR) is 77.7 cm³/mol. The van der Waals surface area contributed by atoms with Gasteiger partial charge in [0.25, 0.3) is 5.91 Å². The first-order valence-corrected chi connectivity index (χ1v) is 6.88. The maximum absolute atomic E-state index is 13.1. The van der Waals surface area contributed by atoms with E-state index in [0.29, 0.717) is 18.8 Å². The van der Waals surface area contributed by atoms with Crippen LogP contribution in [0.15, 0.2) is 36.4 Å². The molecule has 6 nitrogen and oxygen atoms in total. The average Bonchev–Trinajstić information content (AvgIpc) is 2.90. The number of rotatable bonds is 3. The molecule has 22 heavy (non-hydrogen) atoms. The number of carbonyl (C=O) groups is 1. The van der Waals surface area contributed by atoms with E-state index < -0.39 is 12.0 Å². The molecule has 1 aliphatic heterocycles. The lowest BCUT2D eigenvalue weighted by molar-refractivity contribution is 0.0994. The van der Waals surface area contributed by atoms with E-state index >= 15 is 0 Å². The van der Waals surface area contributed by atoms with Gasteiger partial charge in [0, 0.05) is 6.54 Å². The van der Waals surface area contributed by atoms with Gasteiger partial charge in [-0.15, -0.1) is 10.2 Å². The van der Waals surface area contributed by atoms with E-state index in [0.717, 1.165) is 5.56 Å². The third kappa shape index (κ3) is 2.75. The second kappa shape index (κ2) is 5.69. The smallest absolute Gasteiger partial charge is 0.269 e. The monoisotopic (exact) mass is 302 g/mol. The summed E-state index contributed by atoms with van der Waals surface area (Å²) in [4.78, 5) is 12.9. The maximum atomic E-state index is 13.1. The number of aliphatic hydroxyl groups is 1. The fraction of sp³-hybridized carbons (Fsp3) is 0.267. The molecular formula is C15H15FN4O2. The van der Waals surface area contributed by atoms with Crippen LogP contribution in [0.3, 0.4) is 0 Å². The minimum absolute atomic E-state index is 0.0850. The number of primary amides is 1. The fourth-order valence-electron chi connectivity index (χ4n) is 2.68. The lowest BCUT2D eigenvalue weighted by Gasteiger charge is -2.25. The van der Waals surface area contributed by atoms with Gasteiger partial charge in [0.15, 0.2) is 11.5 Å². The average molecular weight is 302 g/mol. The van der Waals surface area contributed by atoms with Gasteiger partial charge >= 0.3 is 0 Å². The van der Waals surface area contributed by atoms with Crippen molar-refractivity contribution in [3.8, 4) is 0 Å². The van der Waals surface area contributed by atoms with Crippen molar-refractivity contribution in [3.63, 3.8) is 0 Å². The largest absolute Gasteiger partial charge is 0.391 e. The number of benzene rings is 1. The highest BCUT2D eigenvalue weighted by Crippen LogP contribution is 2.35. The third-order valence-electron chi connectivity index (χ3n) is 3.73.